The predicted octanol–water partition coefficient (Wildman–Crippen LogP) is -0.459. The molecule has 1 atom stereocenters. The van der Waals surface area contributed by atoms with Crippen LogP contribution in [-0.4, -0.2) is 25.6 Å². The van der Waals surface area contributed by atoms with E-state index in [0.29, 0.717) is 12.8 Å². The summed E-state index contributed by atoms with van der Waals surface area (Å²) >= 11 is -2.03. The van der Waals surface area contributed by atoms with E-state index in [4.69, 9.17) is 5.21 Å². The molecule has 0 spiro atoms. The molecule has 0 aliphatic heterocycles. The van der Waals surface area contributed by atoms with E-state index in [0.717, 1.165) is 0 Å². The first-order chi connectivity index (χ1) is 5.16. The van der Waals surface area contributed by atoms with Gasteiger partial charge in [-0.3, -0.25) is 14.2 Å². The number of unbranched alkanes of at least 4 members (excludes halogenated alkanes) is 1. The molecular weight excluding hydrogens is 170 g/mol. The van der Waals surface area contributed by atoms with Gasteiger partial charge in [-0.2, -0.15) is 0 Å². The fourth-order valence-corrected chi connectivity index (χ4v) is 1.00. The molecule has 0 rings (SSSR count). The van der Waals surface area contributed by atoms with E-state index in [1.165, 1.54) is 5.48 Å². The Morgan fingerprint density at radius 1 is 1.55 bits per heavy atom. The van der Waals surface area contributed by atoms with Gasteiger partial charge >= 0.3 is 0 Å². The number of hydrogen-bond donors (Lipinski definition) is 2. The molecule has 0 aromatic heterocycles. The highest BCUT2D eigenvalue weighted by Gasteiger charge is 1.97. The van der Waals surface area contributed by atoms with Gasteiger partial charge in [0.15, 0.2) is 0 Å². The van der Waals surface area contributed by atoms with Crippen LogP contribution in [0, 0.1) is 0 Å². The number of amides is 1. The molecule has 0 aromatic carbocycles. The predicted molar refractivity (Wildman–Crippen MR) is 37.6 cm³/mol. The first-order valence-electron chi connectivity index (χ1n) is 3.15. The van der Waals surface area contributed by atoms with E-state index < -0.39 is 17.0 Å². The summed E-state index contributed by atoms with van der Waals surface area (Å²) in [5.41, 5.74) is 1.46. The summed E-state index contributed by atoms with van der Waals surface area (Å²) < 4.78 is 19.9. The van der Waals surface area contributed by atoms with Crippen molar-refractivity contribution in [3.05, 3.63) is 0 Å². The van der Waals surface area contributed by atoms with Crippen LogP contribution in [0.25, 0.3) is 0 Å². The molecule has 1 unspecified atom stereocenters. The minimum Gasteiger partial charge on any atom is -0.772 e. The zero-order valence-electron chi connectivity index (χ0n) is 5.91. The molecule has 0 aliphatic carbocycles. The Labute approximate surface area is 67.0 Å². The highest BCUT2D eigenvalue weighted by atomic mass is 32.2. The van der Waals surface area contributed by atoms with Gasteiger partial charge in [-0.1, -0.05) is 11.1 Å². The van der Waals surface area contributed by atoms with Crippen LogP contribution < -0.4 is 5.48 Å². The van der Waals surface area contributed by atoms with Crippen molar-refractivity contribution in [3.8, 4) is 0 Å². The van der Waals surface area contributed by atoms with Crippen molar-refractivity contribution < 1.29 is 18.8 Å². The van der Waals surface area contributed by atoms with Crippen molar-refractivity contribution >= 4 is 17.0 Å². The lowest BCUT2D eigenvalue weighted by molar-refractivity contribution is -0.129. The van der Waals surface area contributed by atoms with E-state index in [-0.39, 0.29) is 12.2 Å². The van der Waals surface area contributed by atoms with Crippen molar-refractivity contribution in [1.29, 1.82) is 0 Å². The number of carbonyl (C=O) groups excluding carboxylic acids is 1. The molecule has 66 valence electrons. The SMILES string of the molecule is O=C(CCCCS(=O)[O-])NO. The van der Waals surface area contributed by atoms with Gasteiger partial charge in [-0.25, -0.2) is 5.48 Å². The average molecular weight is 180 g/mol. The Morgan fingerprint density at radius 2 is 2.18 bits per heavy atom. The minimum atomic E-state index is -2.03. The van der Waals surface area contributed by atoms with Gasteiger partial charge in [-0.05, 0) is 12.8 Å². The molecule has 6 heteroatoms. The highest BCUT2D eigenvalue weighted by Crippen LogP contribution is 1.95. The summed E-state index contributed by atoms with van der Waals surface area (Å²) in [7, 11) is 0. The number of nitrogens with one attached hydrogen (secondary N) is 1. The lowest BCUT2D eigenvalue weighted by Crippen LogP contribution is -2.18. The lowest BCUT2D eigenvalue weighted by atomic mass is 10.2. The first-order valence-corrected chi connectivity index (χ1v) is 4.40. The first kappa shape index (κ1) is 10.5. The standard InChI is InChI=1S/C5H11NO4S/c7-5(6-8)3-1-2-4-11(9)10/h8H,1-4H2,(H,6,7)(H,9,10)/p-1. The van der Waals surface area contributed by atoms with Gasteiger partial charge in [0, 0.05) is 12.2 Å². The molecule has 2 N–H and O–H groups in total. The van der Waals surface area contributed by atoms with E-state index in [1.54, 1.807) is 0 Å². The smallest absolute Gasteiger partial charge is 0.243 e. The third-order valence-electron chi connectivity index (χ3n) is 1.09. The van der Waals surface area contributed by atoms with Gasteiger partial charge in [0.1, 0.15) is 0 Å². The van der Waals surface area contributed by atoms with Crippen molar-refractivity contribution in [3.63, 3.8) is 0 Å². The van der Waals surface area contributed by atoms with Crippen molar-refractivity contribution in [2.45, 2.75) is 19.3 Å². The summed E-state index contributed by atoms with van der Waals surface area (Å²) in [6.45, 7) is 0. The van der Waals surface area contributed by atoms with Gasteiger partial charge < -0.3 is 4.55 Å². The second-order valence-corrected chi connectivity index (χ2v) is 3.02. The van der Waals surface area contributed by atoms with Crippen molar-refractivity contribution in [2.75, 3.05) is 5.75 Å². The maximum Gasteiger partial charge on any atom is 0.243 e. The molecule has 11 heavy (non-hydrogen) atoms. The fraction of sp³-hybridized carbons (Fsp3) is 0.800. The topological polar surface area (TPSA) is 89.5 Å². The molecule has 0 saturated heterocycles. The molecule has 0 aromatic rings. The maximum absolute atomic E-state index is 10.3. The molecule has 5 nitrogen and oxygen atoms in total. The lowest BCUT2D eigenvalue weighted by Gasteiger charge is -2.02. The van der Waals surface area contributed by atoms with Crippen LogP contribution in [0.2, 0.25) is 0 Å². The molecule has 0 heterocycles. The zero-order chi connectivity index (χ0) is 8.69. The number of rotatable bonds is 5. The molecule has 0 bridgehead atoms. The van der Waals surface area contributed by atoms with Gasteiger partial charge in [-0.15, -0.1) is 0 Å². The molecule has 0 aliphatic rings. The normalized spacial score (nSPS) is 12.5. The van der Waals surface area contributed by atoms with Gasteiger partial charge in [0.05, 0.1) is 0 Å². The van der Waals surface area contributed by atoms with Crippen LogP contribution in [0.5, 0.6) is 0 Å². The zero-order valence-corrected chi connectivity index (χ0v) is 6.73. The highest BCUT2D eigenvalue weighted by molar-refractivity contribution is 7.79. The Bertz CT molecular complexity index is 149. The Balaban J connectivity index is 3.14. The summed E-state index contributed by atoms with van der Waals surface area (Å²) in [5, 5.41) is 8.02. The van der Waals surface area contributed by atoms with Crippen LogP contribution in [0.15, 0.2) is 0 Å². The third kappa shape index (κ3) is 7.44. The molecule has 0 saturated carbocycles. The Hall–Kier alpha value is -0.460. The van der Waals surface area contributed by atoms with E-state index >= 15 is 0 Å². The molecule has 1 amide bonds. The van der Waals surface area contributed by atoms with Crippen LogP contribution in [0.1, 0.15) is 19.3 Å². The molecule has 0 radical (unpaired) electrons. The summed E-state index contributed by atoms with van der Waals surface area (Å²) in [4.78, 5) is 10.3. The molecular formula is C5H10NO4S-. The number of hydroxylamine groups is 1. The quantitative estimate of drug-likeness (QED) is 0.259. The second kappa shape index (κ2) is 6.26. The minimum absolute atomic E-state index is 0.0682. The third-order valence-corrected chi connectivity index (χ3v) is 1.71. The summed E-state index contributed by atoms with van der Waals surface area (Å²) in [6, 6.07) is 0. The Morgan fingerprint density at radius 3 is 2.64 bits per heavy atom. The number of carbonyl (C=O) groups is 1. The fourth-order valence-electron chi connectivity index (χ4n) is 0.561. The van der Waals surface area contributed by atoms with Crippen LogP contribution in [0.3, 0.4) is 0 Å². The van der Waals surface area contributed by atoms with Crippen LogP contribution in [-0.2, 0) is 15.9 Å². The van der Waals surface area contributed by atoms with Crippen molar-refractivity contribution in [2.24, 2.45) is 0 Å². The average Bonchev–Trinajstić information content (AvgIpc) is 1.97. The van der Waals surface area contributed by atoms with Gasteiger partial charge in [0.25, 0.3) is 0 Å². The van der Waals surface area contributed by atoms with Crippen LogP contribution >= 0.6 is 0 Å². The second-order valence-electron chi connectivity index (χ2n) is 2.00. The summed E-state index contributed by atoms with van der Waals surface area (Å²) in [5.74, 6) is -0.416. The van der Waals surface area contributed by atoms with E-state index in [1.807, 2.05) is 0 Å². The van der Waals surface area contributed by atoms with E-state index in [9.17, 15) is 13.6 Å². The monoisotopic (exact) mass is 180 g/mol. The van der Waals surface area contributed by atoms with E-state index in [2.05, 4.69) is 0 Å². The van der Waals surface area contributed by atoms with Crippen LogP contribution in [0.4, 0.5) is 0 Å². The summed E-state index contributed by atoms with van der Waals surface area (Å²) in [6.07, 6.45) is 1.08. The Kier molecular flexibility index (Phi) is 6.00. The maximum atomic E-state index is 10.3. The van der Waals surface area contributed by atoms with Crippen molar-refractivity contribution in [1.82, 2.24) is 5.48 Å². The number of hydrogen-bond acceptors (Lipinski definition) is 4. The largest absolute Gasteiger partial charge is 0.772 e. The molecule has 0 fully saturated rings. The van der Waals surface area contributed by atoms with Gasteiger partial charge in [0.2, 0.25) is 5.91 Å².